The van der Waals surface area contributed by atoms with E-state index >= 15 is 0 Å². The first-order valence-electron chi connectivity index (χ1n) is 6.48. The summed E-state index contributed by atoms with van der Waals surface area (Å²) < 4.78 is 6.27. The second-order valence-corrected chi connectivity index (χ2v) is 4.24. The Morgan fingerprint density at radius 2 is 2.29 bits per heavy atom. The fraction of sp³-hybridized carbons (Fsp3) is 0.385. The van der Waals surface area contributed by atoms with Gasteiger partial charge in [0.2, 0.25) is 0 Å². The van der Waals surface area contributed by atoms with Gasteiger partial charge in [-0.05, 0) is 19.1 Å². The predicted molar refractivity (Wildman–Crippen MR) is 72.3 cm³/mol. The van der Waals surface area contributed by atoms with Gasteiger partial charge < -0.3 is 14.9 Å². The molecule has 1 unspecified atom stereocenters. The first kappa shape index (κ1) is 15.1. The minimum atomic E-state index is -1.01. The van der Waals surface area contributed by atoms with E-state index in [2.05, 4.69) is 15.3 Å². The fourth-order valence-corrected chi connectivity index (χ4v) is 1.79. The van der Waals surface area contributed by atoms with Crippen LogP contribution in [-0.2, 0) is 11.3 Å². The maximum absolute atomic E-state index is 11.9. The van der Waals surface area contributed by atoms with Crippen molar-refractivity contribution in [3.8, 4) is 11.4 Å². The summed E-state index contributed by atoms with van der Waals surface area (Å²) in [6, 6.07) is 5.20. The molecule has 0 amide bonds. The van der Waals surface area contributed by atoms with Gasteiger partial charge in [0.25, 0.3) is 0 Å². The van der Waals surface area contributed by atoms with Gasteiger partial charge in [0.05, 0.1) is 31.6 Å². The Kier molecular flexibility index (Phi) is 4.96. The number of carbonyl (C=O) groups excluding carboxylic acids is 1. The lowest BCUT2D eigenvalue weighted by Gasteiger charge is -2.10. The molecule has 0 aliphatic heterocycles. The van der Waals surface area contributed by atoms with Crippen molar-refractivity contribution in [3.05, 3.63) is 30.1 Å². The van der Waals surface area contributed by atoms with Crippen molar-refractivity contribution in [2.45, 2.75) is 19.6 Å². The summed E-state index contributed by atoms with van der Waals surface area (Å²) in [5, 5.41) is 26.1. The Balaban J connectivity index is 2.45. The van der Waals surface area contributed by atoms with E-state index in [1.165, 1.54) is 4.68 Å². The minimum Gasteiger partial charge on any atom is -0.461 e. The zero-order valence-electron chi connectivity index (χ0n) is 11.5. The van der Waals surface area contributed by atoms with Gasteiger partial charge in [-0.3, -0.25) is 4.98 Å². The SMILES string of the molecule is CCOC(=O)c1nnn(CC(O)CO)c1-c1ccccn1. The highest BCUT2D eigenvalue weighted by atomic mass is 16.5. The quantitative estimate of drug-likeness (QED) is 0.713. The van der Waals surface area contributed by atoms with Gasteiger partial charge in [-0.1, -0.05) is 11.3 Å². The Morgan fingerprint density at radius 3 is 2.90 bits per heavy atom. The van der Waals surface area contributed by atoms with Crippen molar-refractivity contribution in [3.63, 3.8) is 0 Å². The predicted octanol–water partition coefficient (Wildman–Crippen LogP) is -0.130. The second kappa shape index (κ2) is 6.91. The van der Waals surface area contributed by atoms with Gasteiger partial charge in [-0.2, -0.15) is 0 Å². The molecule has 0 aliphatic rings. The molecule has 0 radical (unpaired) electrons. The van der Waals surface area contributed by atoms with Gasteiger partial charge in [0, 0.05) is 6.20 Å². The van der Waals surface area contributed by atoms with E-state index in [4.69, 9.17) is 9.84 Å². The van der Waals surface area contributed by atoms with Crippen molar-refractivity contribution in [2.75, 3.05) is 13.2 Å². The van der Waals surface area contributed by atoms with Crippen molar-refractivity contribution in [2.24, 2.45) is 0 Å². The number of esters is 1. The van der Waals surface area contributed by atoms with Crippen LogP contribution in [0.3, 0.4) is 0 Å². The summed E-state index contributed by atoms with van der Waals surface area (Å²) in [5.74, 6) is -0.608. The highest BCUT2D eigenvalue weighted by Gasteiger charge is 2.24. The Labute approximate surface area is 121 Å². The highest BCUT2D eigenvalue weighted by molar-refractivity contribution is 5.93. The van der Waals surface area contributed by atoms with Crippen LogP contribution < -0.4 is 0 Å². The lowest BCUT2D eigenvalue weighted by Crippen LogP contribution is -2.21. The van der Waals surface area contributed by atoms with Crippen LogP contribution in [-0.4, -0.2) is 55.5 Å². The summed E-state index contributed by atoms with van der Waals surface area (Å²) in [6.07, 6.45) is 0.563. The average molecular weight is 292 g/mol. The van der Waals surface area contributed by atoms with Gasteiger partial charge in [0.15, 0.2) is 5.69 Å². The molecule has 0 saturated carbocycles. The fourth-order valence-electron chi connectivity index (χ4n) is 1.79. The summed E-state index contributed by atoms with van der Waals surface area (Å²) in [5.41, 5.74) is 0.859. The van der Waals surface area contributed by atoms with Gasteiger partial charge in [-0.15, -0.1) is 5.10 Å². The van der Waals surface area contributed by atoms with E-state index in [0.29, 0.717) is 11.4 Å². The zero-order valence-corrected chi connectivity index (χ0v) is 11.5. The van der Waals surface area contributed by atoms with Gasteiger partial charge in [-0.25, -0.2) is 9.48 Å². The molecular weight excluding hydrogens is 276 g/mol. The second-order valence-electron chi connectivity index (χ2n) is 4.24. The van der Waals surface area contributed by atoms with Crippen LogP contribution in [0.4, 0.5) is 0 Å². The van der Waals surface area contributed by atoms with Crippen molar-refractivity contribution in [1.82, 2.24) is 20.0 Å². The maximum atomic E-state index is 11.9. The molecule has 0 saturated heterocycles. The molecule has 2 heterocycles. The lowest BCUT2D eigenvalue weighted by atomic mass is 10.2. The number of pyridine rings is 1. The molecule has 2 aromatic rings. The maximum Gasteiger partial charge on any atom is 0.361 e. The normalized spacial score (nSPS) is 12.1. The number of hydrogen-bond donors (Lipinski definition) is 2. The number of carbonyl (C=O) groups is 1. The molecule has 112 valence electrons. The third-order valence-electron chi connectivity index (χ3n) is 2.71. The average Bonchev–Trinajstić information content (AvgIpc) is 2.92. The van der Waals surface area contributed by atoms with Crippen LogP contribution in [0, 0.1) is 0 Å². The summed E-state index contributed by atoms with van der Waals surface area (Å²) in [4.78, 5) is 16.1. The molecule has 0 spiro atoms. The minimum absolute atomic E-state index is 0.00515. The number of aliphatic hydroxyl groups is 2. The molecule has 0 fully saturated rings. The summed E-state index contributed by atoms with van der Waals surface area (Å²) >= 11 is 0. The van der Waals surface area contributed by atoms with Crippen LogP contribution in [0.2, 0.25) is 0 Å². The molecule has 2 N–H and O–H groups in total. The Bertz CT molecular complexity index is 599. The monoisotopic (exact) mass is 292 g/mol. The smallest absolute Gasteiger partial charge is 0.361 e. The van der Waals surface area contributed by atoms with E-state index in [0.717, 1.165) is 0 Å². The van der Waals surface area contributed by atoms with E-state index < -0.39 is 18.7 Å². The molecule has 0 bridgehead atoms. The molecule has 2 rings (SSSR count). The van der Waals surface area contributed by atoms with E-state index in [9.17, 15) is 9.90 Å². The van der Waals surface area contributed by atoms with E-state index in [1.54, 1.807) is 31.3 Å². The van der Waals surface area contributed by atoms with Crippen LogP contribution in [0.1, 0.15) is 17.4 Å². The number of ether oxygens (including phenoxy) is 1. The standard InChI is InChI=1S/C13H16N4O4/c1-2-21-13(20)11-12(10-5-3-4-6-14-10)17(16-15-11)7-9(19)8-18/h3-6,9,18-19H,2,7-8H2,1H3. The molecule has 8 nitrogen and oxygen atoms in total. The number of hydrogen-bond acceptors (Lipinski definition) is 7. The molecule has 2 aromatic heterocycles. The Morgan fingerprint density at radius 1 is 1.48 bits per heavy atom. The molecule has 21 heavy (non-hydrogen) atoms. The van der Waals surface area contributed by atoms with Gasteiger partial charge in [0.1, 0.15) is 5.69 Å². The topological polar surface area (TPSA) is 110 Å². The summed E-state index contributed by atoms with van der Waals surface area (Å²) in [7, 11) is 0. The third-order valence-corrected chi connectivity index (χ3v) is 2.71. The Hall–Kier alpha value is -2.32. The zero-order chi connectivity index (χ0) is 15.2. The number of aliphatic hydroxyl groups excluding tert-OH is 2. The van der Waals surface area contributed by atoms with Crippen LogP contribution >= 0.6 is 0 Å². The lowest BCUT2D eigenvalue weighted by molar-refractivity contribution is 0.0520. The van der Waals surface area contributed by atoms with Crippen LogP contribution in [0.25, 0.3) is 11.4 Å². The number of aromatic nitrogens is 4. The van der Waals surface area contributed by atoms with E-state index in [-0.39, 0.29) is 18.8 Å². The summed E-state index contributed by atoms with van der Waals surface area (Å²) in [6.45, 7) is 1.48. The van der Waals surface area contributed by atoms with Crippen molar-refractivity contribution < 1.29 is 19.7 Å². The number of nitrogens with zero attached hydrogens (tertiary/aromatic N) is 4. The van der Waals surface area contributed by atoms with Crippen LogP contribution in [0.5, 0.6) is 0 Å². The van der Waals surface area contributed by atoms with Crippen molar-refractivity contribution >= 4 is 5.97 Å². The first-order valence-corrected chi connectivity index (χ1v) is 6.48. The van der Waals surface area contributed by atoms with Crippen molar-refractivity contribution in [1.29, 1.82) is 0 Å². The molecule has 0 aliphatic carbocycles. The third kappa shape index (κ3) is 3.41. The molecular formula is C13H16N4O4. The molecule has 8 heteroatoms. The highest BCUT2D eigenvalue weighted by Crippen LogP contribution is 2.21. The largest absolute Gasteiger partial charge is 0.461 e. The molecule has 0 aromatic carbocycles. The number of rotatable bonds is 6. The first-order chi connectivity index (χ1) is 10.2. The van der Waals surface area contributed by atoms with E-state index in [1.807, 2.05) is 0 Å². The van der Waals surface area contributed by atoms with Gasteiger partial charge >= 0.3 is 5.97 Å². The van der Waals surface area contributed by atoms with Crippen LogP contribution in [0.15, 0.2) is 24.4 Å². The molecule has 1 atom stereocenters.